The first-order valence-corrected chi connectivity index (χ1v) is 7.77. The highest BCUT2D eigenvalue weighted by atomic mass is 32.1. The quantitative estimate of drug-likeness (QED) is 0.786. The number of hydrogen-bond donors (Lipinski definition) is 0. The summed E-state index contributed by atoms with van der Waals surface area (Å²) in [6, 6.07) is 16.9. The van der Waals surface area contributed by atoms with Crippen LogP contribution in [0.25, 0.3) is 0 Å². The minimum Gasteiger partial charge on any atom is -0.497 e. The average molecular weight is 346 g/mol. The highest BCUT2D eigenvalue weighted by Crippen LogP contribution is 2.21. The number of para-hydroxylation sites is 1. The summed E-state index contributed by atoms with van der Waals surface area (Å²) in [5, 5.41) is 0.815. The Morgan fingerprint density at radius 3 is 1.96 bits per heavy atom. The van der Waals surface area contributed by atoms with Crippen molar-refractivity contribution in [3.63, 3.8) is 0 Å². The maximum Gasteiger partial charge on any atom is 0.275 e. The van der Waals surface area contributed by atoms with E-state index in [1.54, 1.807) is 24.1 Å². The zero-order valence-electron chi connectivity index (χ0n) is 13.2. The molecule has 0 bridgehead atoms. The summed E-state index contributed by atoms with van der Waals surface area (Å²) < 4.78 is 10.9. The number of thiocarbonyl (C=S) groups is 2. The van der Waals surface area contributed by atoms with Gasteiger partial charge in [-0.15, -0.1) is 0 Å². The van der Waals surface area contributed by atoms with Crippen molar-refractivity contribution in [1.82, 2.24) is 4.90 Å². The standard InChI is InChI=1S/C17H18N2O2S2/c1-18(2)16(22)19(13-7-5-4-6-8-13)17(23)21-15-11-9-14(20-3)10-12-15/h4-12H,1-3H3. The summed E-state index contributed by atoms with van der Waals surface area (Å²) in [5.41, 5.74) is 0.852. The van der Waals surface area contributed by atoms with Gasteiger partial charge in [0.15, 0.2) is 5.11 Å². The van der Waals surface area contributed by atoms with E-state index in [-0.39, 0.29) is 5.17 Å². The van der Waals surface area contributed by atoms with Gasteiger partial charge in [0.05, 0.1) is 12.8 Å². The van der Waals surface area contributed by atoms with E-state index in [4.69, 9.17) is 33.9 Å². The van der Waals surface area contributed by atoms with Crippen LogP contribution in [0.3, 0.4) is 0 Å². The van der Waals surface area contributed by atoms with Gasteiger partial charge < -0.3 is 14.4 Å². The highest BCUT2D eigenvalue weighted by Gasteiger charge is 2.20. The Labute approximate surface area is 147 Å². The zero-order valence-corrected chi connectivity index (χ0v) is 14.9. The van der Waals surface area contributed by atoms with Crippen LogP contribution in [0.5, 0.6) is 11.5 Å². The molecule has 0 N–H and O–H groups in total. The maximum atomic E-state index is 5.79. The summed E-state index contributed by atoms with van der Waals surface area (Å²) in [7, 11) is 5.36. The lowest BCUT2D eigenvalue weighted by atomic mass is 10.3. The van der Waals surface area contributed by atoms with Crippen LogP contribution in [-0.2, 0) is 0 Å². The van der Waals surface area contributed by atoms with Gasteiger partial charge in [-0.3, -0.25) is 0 Å². The van der Waals surface area contributed by atoms with Gasteiger partial charge in [-0.1, -0.05) is 18.2 Å². The van der Waals surface area contributed by atoms with Crippen LogP contribution in [0.4, 0.5) is 5.69 Å². The molecule has 0 heterocycles. The van der Waals surface area contributed by atoms with Gasteiger partial charge >= 0.3 is 0 Å². The molecule has 0 amide bonds. The molecule has 4 nitrogen and oxygen atoms in total. The van der Waals surface area contributed by atoms with Crippen molar-refractivity contribution in [3.05, 3.63) is 54.6 Å². The van der Waals surface area contributed by atoms with Crippen molar-refractivity contribution in [2.24, 2.45) is 0 Å². The van der Waals surface area contributed by atoms with E-state index in [1.165, 1.54) is 0 Å². The molecule has 0 fully saturated rings. The van der Waals surface area contributed by atoms with Gasteiger partial charge in [-0.2, -0.15) is 0 Å². The van der Waals surface area contributed by atoms with Crippen molar-refractivity contribution in [2.75, 3.05) is 26.1 Å². The summed E-state index contributed by atoms with van der Waals surface area (Å²) >= 11 is 10.9. The fourth-order valence-electron chi connectivity index (χ4n) is 1.86. The van der Waals surface area contributed by atoms with Crippen LogP contribution in [0.15, 0.2) is 54.6 Å². The van der Waals surface area contributed by atoms with E-state index in [9.17, 15) is 0 Å². The lowest BCUT2D eigenvalue weighted by molar-refractivity contribution is 0.414. The second-order valence-electron chi connectivity index (χ2n) is 4.89. The van der Waals surface area contributed by atoms with Crippen LogP contribution in [0, 0.1) is 0 Å². The van der Waals surface area contributed by atoms with Crippen LogP contribution in [-0.4, -0.2) is 36.4 Å². The molecule has 2 aromatic rings. The van der Waals surface area contributed by atoms with E-state index in [0.29, 0.717) is 10.9 Å². The molecule has 6 heteroatoms. The summed E-state index contributed by atoms with van der Waals surface area (Å²) in [4.78, 5) is 3.53. The lowest BCUT2D eigenvalue weighted by Crippen LogP contribution is -2.44. The molecule has 0 aliphatic heterocycles. The normalized spacial score (nSPS) is 9.87. The minimum atomic E-state index is 0.264. The number of nitrogens with zero attached hydrogens (tertiary/aromatic N) is 2. The number of rotatable bonds is 3. The molecule has 0 radical (unpaired) electrons. The molecular formula is C17H18N2O2S2. The first-order valence-electron chi connectivity index (χ1n) is 6.95. The SMILES string of the molecule is COc1ccc(OC(=S)N(C(=S)N(C)C)c2ccccc2)cc1. The first-order chi connectivity index (χ1) is 11.0. The second-order valence-corrected chi connectivity index (χ2v) is 5.61. The monoisotopic (exact) mass is 346 g/mol. The number of hydrogen-bond acceptors (Lipinski definition) is 4. The number of methoxy groups -OCH3 is 1. The van der Waals surface area contributed by atoms with Gasteiger partial charge in [0.1, 0.15) is 11.5 Å². The predicted molar refractivity (Wildman–Crippen MR) is 101 cm³/mol. The van der Waals surface area contributed by atoms with Crippen molar-refractivity contribution in [3.8, 4) is 11.5 Å². The Balaban J connectivity index is 2.24. The number of benzene rings is 2. The molecular weight excluding hydrogens is 328 g/mol. The van der Waals surface area contributed by atoms with E-state index < -0.39 is 0 Å². The molecule has 0 aromatic heterocycles. The van der Waals surface area contributed by atoms with E-state index >= 15 is 0 Å². The fourth-order valence-corrected chi connectivity index (χ4v) is 2.40. The Bertz CT molecular complexity index is 673. The van der Waals surface area contributed by atoms with E-state index in [0.717, 1.165) is 11.4 Å². The molecule has 2 aromatic carbocycles. The topological polar surface area (TPSA) is 24.9 Å². The zero-order chi connectivity index (χ0) is 16.8. The van der Waals surface area contributed by atoms with Crippen LogP contribution < -0.4 is 14.4 Å². The third-order valence-electron chi connectivity index (χ3n) is 3.04. The molecule has 0 unspecified atom stereocenters. The van der Waals surface area contributed by atoms with Crippen LogP contribution in [0.1, 0.15) is 0 Å². The van der Waals surface area contributed by atoms with Crippen LogP contribution >= 0.6 is 24.4 Å². The molecule has 0 aliphatic carbocycles. The molecule has 0 saturated carbocycles. The van der Waals surface area contributed by atoms with Crippen molar-refractivity contribution >= 4 is 40.4 Å². The van der Waals surface area contributed by atoms with Crippen LogP contribution in [0.2, 0.25) is 0 Å². The van der Waals surface area contributed by atoms with Gasteiger partial charge in [-0.25, -0.2) is 4.90 Å². The Morgan fingerprint density at radius 1 is 0.870 bits per heavy atom. The molecule has 2 rings (SSSR count). The maximum absolute atomic E-state index is 5.79. The summed E-state index contributed by atoms with van der Waals surface area (Å²) in [5.74, 6) is 1.38. The molecule has 23 heavy (non-hydrogen) atoms. The largest absolute Gasteiger partial charge is 0.497 e. The second kappa shape index (κ2) is 7.89. The van der Waals surface area contributed by atoms with Gasteiger partial charge in [0, 0.05) is 14.1 Å². The molecule has 0 saturated heterocycles. The van der Waals surface area contributed by atoms with E-state index in [2.05, 4.69) is 0 Å². The minimum absolute atomic E-state index is 0.264. The fraction of sp³-hybridized carbons (Fsp3) is 0.176. The van der Waals surface area contributed by atoms with Crippen molar-refractivity contribution in [1.29, 1.82) is 0 Å². The Kier molecular flexibility index (Phi) is 5.90. The average Bonchev–Trinajstić information content (AvgIpc) is 2.56. The van der Waals surface area contributed by atoms with Gasteiger partial charge in [0.25, 0.3) is 5.17 Å². The predicted octanol–water partition coefficient (Wildman–Crippen LogP) is 3.71. The third kappa shape index (κ3) is 4.40. The smallest absolute Gasteiger partial charge is 0.275 e. The first kappa shape index (κ1) is 17.2. The number of anilines is 1. The lowest BCUT2D eigenvalue weighted by Gasteiger charge is -2.28. The van der Waals surface area contributed by atoms with Gasteiger partial charge in [0.2, 0.25) is 0 Å². The molecule has 0 spiro atoms. The third-order valence-corrected chi connectivity index (χ3v) is 3.85. The molecule has 120 valence electrons. The molecule has 0 aliphatic rings. The summed E-state index contributed by atoms with van der Waals surface area (Å²) in [6.07, 6.45) is 0. The van der Waals surface area contributed by atoms with Gasteiger partial charge in [-0.05, 0) is 60.8 Å². The summed E-state index contributed by atoms with van der Waals surface area (Å²) in [6.45, 7) is 0. The van der Waals surface area contributed by atoms with Crippen molar-refractivity contribution in [2.45, 2.75) is 0 Å². The number of ether oxygens (including phenoxy) is 2. The van der Waals surface area contributed by atoms with E-state index in [1.807, 2.05) is 61.5 Å². The Morgan fingerprint density at radius 2 is 1.43 bits per heavy atom. The van der Waals surface area contributed by atoms with Crippen molar-refractivity contribution < 1.29 is 9.47 Å². The highest BCUT2D eigenvalue weighted by molar-refractivity contribution is 7.82. The Hall–Kier alpha value is -2.18. The molecule has 0 atom stereocenters.